The molecule has 0 aliphatic carbocycles. The third-order valence-corrected chi connectivity index (χ3v) is 5.22. The Morgan fingerprint density at radius 1 is 0.967 bits per heavy atom. The highest BCUT2D eigenvalue weighted by molar-refractivity contribution is 8.18. The van der Waals surface area contributed by atoms with E-state index in [-0.39, 0.29) is 5.91 Å². The van der Waals surface area contributed by atoms with Gasteiger partial charge in [-0.3, -0.25) is 4.79 Å². The molecular formula is C24H18N2O3S. The molecule has 0 radical (unpaired) electrons. The number of nitrogens with zero attached hydrogens (tertiary/aromatic N) is 1. The zero-order valence-corrected chi connectivity index (χ0v) is 17.0. The summed E-state index contributed by atoms with van der Waals surface area (Å²) in [6, 6.07) is 23.7. The van der Waals surface area contributed by atoms with E-state index in [9.17, 15) is 9.59 Å². The highest BCUT2D eigenvalue weighted by atomic mass is 32.2. The summed E-state index contributed by atoms with van der Waals surface area (Å²) in [6.45, 7) is 1.96. The van der Waals surface area contributed by atoms with Gasteiger partial charge in [-0.1, -0.05) is 48.0 Å². The molecule has 1 N–H and O–H groups in total. The first-order chi connectivity index (χ1) is 14.6. The minimum absolute atomic E-state index is 0.190. The average molecular weight is 414 g/mol. The number of rotatable bonds is 4. The van der Waals surface area contributed by atoms with Gasteiger partial charge in [-0.25, -0.2) is 9.79 Å². The Bertz CT molecular complexity index is 1140. The predicted octanol–water partition coefficient (Wildman–Crippen LogP) is 5.11. The summed E-state index contributed by atoms with van der Waals surface area (Å²) in [7, 11) is 0. The van der Waals surface area contributed by atoms with Crippen LogP contribution in [0.2, 0.25) is 0 Å². The fourth-order valence-electron chi connectivity index (χ4n) is 2.74. The van der Waals surface area contributed by atoms with Crippen molar-refractivity contribution in [1.29, 1.82) is 0 Å². The van der Waals surface area contributed by atoms with Crippen LogP contribution >= 0.6 is 11.8 Å². The molecule has 3 aromatic rings. The van der Waals surface area contributed by atoms with E-state index >= 15 is 0 Å². The number of thioether (sulfide) groups is 1. The van der Waals surface area contributed by atoms with Crippen LogP contribution in [0.5, 0.6) is 5.75 Å². The van der Waals surface area contributed by atoms with Gasteiger partial charge in [-0.05, 0) is 66.7 Å². The lowest BCUT2D eigenvalue weighted by Gasteiger charge is -2.05. The zero-order chi connectivity index (χ0) is 20.9. The summed E-state index contributed by atoms with van der Waals surface area (Å²) in [5, 5.41) is 3.31. The van der Waals surface area contributed by atoms with Crippen LogP contribution in [0.1, 0.15) is 21.5 Å². The van der Waals surface area contributed by atoms with E-state index in [2.05, 4.69) is 10.3 Å². The topological polar surface area (TPSA) is 67.8 Å². The second kappa shape index (κ2) is 8.80. The summed E-state index contributed by atoms with van der Waals surface area (Å²) in [4.78, 5) is 29.4. The molecule has 0 aromatic heterocycles. The van der Waals surface area contributed by atoms with Gasteiger partial charge in [0.1, 0.15) is 5.75 Å². The lowest BCUT2D eigenvalue weighted by atomic mass is 10.1. The zero-order valence-electron chi connectivity index (χ0n) is 16.2. The summed E-state index contributed by atoms with van der Waals surface area (Å²) in [5.41, 5.74) is 3.18. The van der Waals surface area contributed by atoms with E-state index in [1.54, 1.807) is 42.5 Å². The second-order valence-electron chi connectivity index (χ2n) is 6.64. The third kappa shape index (κ3) is 4.85. The first-order valence-electron chi connectivity index (χ1n) is 9.30. The summed E-state index contributed by atoms with van der Waals surface area (Å²) >= 11 is 1.29. The molecule has 5 nitrogen and oxygen atoms in total. The number of esters is 1. The van der Waals surface area contributed by atoms with Gasteiger partial charge in [0, 0.05) is 0 Å². The molecule has 0 atom stereocenters. The van der Waals surface area contributed by atoms with E-state index in [0.29, 0.717) is 21.4 Å². The van der Waals surface area contributed by atoms with Crippen molar-refractivity contribution in [2.24, 2.45) is 4.99 Å². The quantitative estimate of drug-likeness (QED) is 0.366. The number of amides is 1. The lowest BCUT2D eigenvalue weighted by Crippen LogP contribution is -2.19. The Labute approximate surface area is 178 Å². The first-order valence-corrected chi connectivity index (χ1v) is 10.1. The minimum Gasteiger partial charge on any atom is -0.423 e. The SMILES string of the molecule is Cc1ccc(C(=O)Oc2ccc(/C=C3\SC(=Nc4ccccc4)NC3=O)cc2)cc1. The number of aryl methyl sites for hydroxylation is 1. The van der Waals surface area contributed by atoms with Crippen LogP contribution in [0.15, 0.2) is 88.8 Å². The fourth-order valence-corrected chi connectivity index (χ4v) is 3.58. The molecule has 0 spiro atoms. The molecule has 0 saturated carbocycles. The van der Waals surface area contributed by atoms with Crippen LogP contribution < -0.4 is 10.1 Å². The van der Waals surface area contributed by atoms with Crippen LogP contribution in [0.25, 0.3) is 6.08 Å². The van der Waals surface area contributed by atoms with E-state index < -0.39 is 5.97 Å². The largest absolute Gasteiger partial charge is 0.423 e. The van der Waals surface area contributed by atoms with Crippen molar-refractivity contribution in [2.45, 2.75) is 6.92 Å². The van der Waals surface area contributed by atoms with Crippen molar-refractivity contribution < 1.29 is 14.3 Å². The Hall–Kier alpha value is -3.64. The molecule has 1 aliphatic rings. The number of aliphatic imine (C=N–C) groups is 1. The van der Waals surface area contributed by atoms with E-state index in [0.717, 1.165) is 16.8 Å². The van der Waals surface area contributed by atoms with Gasteiger partial charge in [-0.2, -0.15) is 0 Å². The van der Waals surface area contributed by atoms with Crippen molar-refractivity contribution in [2.75, 3.05) is 0 Å². The standard InChI is InChI=1S/C24H18N2O3S/c1-16-7-11-18(12-8-16)23(28)29-20-13-9-17(10-14-20)15-21-22(27)26-24(30-21)25-19-5-3-2-4-6-19/h2-15H,1H3,(H,25,26,27)/b21-15-. The minimum atomic E-state index is -0.409. The number of hydrogen-bond acceptors (Lipinski definition) is 5. The maximum atomic E-state index is 12.2. The molecule has 30 heavy (non-hydrogen) atoms. The normalized spacial score (nSPS) is 16.0. The number of carbonyl (C=O) groups excluding carboxylic acids is 2. The molecule has 0 bridgehead atoms. The maximum absolute atomic E-state index is 12.2. The fraction of sp³-hybridized carbons (Fsp3) is 0.0417. The number of para-hydroxylation sites is 1. The van der Waals surface area contributed by atoms with Crippen LogP contribution in [-0.4, -0.2) is 17.0 Å². The summed E-state index contributed by atoms with van der Waals surface area (Å²) in [5.74, 6) is -0.157. The van der Waals surface area contributed by atoms with E-state index in [1.807, 2.05) is 49.4 Å². The molecule has 1 amide bonds. The molecule has 1 saturated heterocycles. The van der Waals surface area contributed by atoms with Crippen molar-refractivity contribution in [3.05, 3.63) is 100 Å². The maximum Gasteiger partial charge on any atom is 0.343 e. The number of ether oxygens (including phenoxy) is 1. The van der Waals surface area contributed by atoms with Crippen molar-refractivity contribution in [3.63, 3.8) is 0 Å². The molecule has 3 aromatic carbocycles. The Kier molecular flexibility index (Phi) is 5.77. The molecule has 6 heteroatoms. The number of hydrogen-bond donors (Lipinski definition) is 1. The smallest absolute Gasteiger partial charge is 0.343 e. The van der Waals surface area contributed by atoms with Gasteiger partial charge in [0.25, 0.3) is 5.91 Å². The van der Waals surface area contributed by atoms with Crippen molar-refractivity contribution >= 4 is 40.6 Å². The highest BCUT2D eigenvalue weighted by Crippen LogP contribution is 2.28. The van der Waals surface area contributed by atoms with E-state index in [1.165, 1.54) is 11.8 Å². The van der Waals surface area contributed by atoms with Gasteiger partial charge in [0.2, 0.25) is 0 Å². The Balaban J connectivity index is 1.43. The van der Waals surface area contributed by atoms with Crippen LogP contribution in [-0.2, 0) is 4.79 Å². The van der Waals surface area contributed by atoms with Gasteiger partial charge in [-0.15, -0.1) is 0 Å². The number of nitrogens with one attached hydrogen (secondary N) is 1. The predicted molar refractivity (Wildman–Crippen MR) is 120 cm³/mol. The summed E-state index contributed by atoms with van der Waals surface area (Å²) in [6.07, 6.45) is 1.78. The average Bonchev–Trinajstić information content (AvgIpc) is 3.09. The number of carbonyl (C=O) groups is 2. The van der Waals surface area contributed by atoms with Crippen molar-refractivity contribution in [1.82, 2.24) is 5.32 Å². The molecule has 1 fully saturated rings. The molecule has 1 aliphatic heterocycles. The van der Waals surface area contributed by atoms with E-state index in [4.69, 9.17) is 4.74 Å². The molecular weight excluding hydrogens is 396 g/mol. The Morgan fingerprint density at radius 2 is 1.67 bits per heavy atom. The van der Waals surface area contributed by atoms with Crippen molar-refractivity contribution in [3.8, 4) is 5.75 Å². The molecule has 1 heterocycles. The third-order valence-electron chi connectivity index (χ3n) is 4.31. The molecule has 148 valence electrons. The van der Waals surface area contributed by atoms with Crippen LogP contribution in [0.3, 0.4) is 0 Å². The number of amidine groups is 1. The Morgan fingerprint density at radius 3 is 2.37 bits per heavy atom. The van der Waals surface area contributed by atoms with Gasteiger partial charge in [0.15, 0.2) is 5.17 Å². The van der Waals surface area contributed by atoms with Gasteiger partial charge in [0.05, 0.1) is 16.2 Å². The number of benzene rings is 3. The second-order valence-corrected chi connectivity index (χ2v) is 7.67. The van der Waals surface area contributed by atoms with Gasteiger partial charge < -0.3 is 10.1 Å². The lowest BCUT2D eigenvalue weighted by molar-refractivity contribution is -0.115. The summed E-state index contributed by atoms with van der Waals surface area (Å²) < 4.78 is 5.41. The molecule has 4 rings (SSSR count). The van der Waals surface area contributed by atoms with Crippen LogP contribution in [0.4, 0.5) is 5.69 Å². The first kappa shape index (κ1) is 19.7. The highest BCUT2D eigenvalue weighted by Gasteiger charge is 2.23. The molecule has 0 unspecified atom stereocenters. The van der Waals surface area contributed by atoms with Gasteiger partial charge >= 0.3 is 5.97 Å². The van der Waals surface area contributed by atoms with Crippen LogP contribution in [0, 0.1) is 6.92 Å². The monoisotopic (exact) mass is 414 g/mol.